The van der Waals surface area contributed by atoms with Gasteiger partial charge >= 0.3 is 0 Å². The number of nitrogens with zero attached hydrogens (tertiary/aromatic N) is 5. The van der Waals surface area contributed by atoms with Crippen LogP contribution >= 0.6 is 0 Å². The maximum absolute atomic E-state index is 14.0. The Morgan fingerprint density at radius 1 is 1.30 bits per heavy atom. The summed E-state index contributed by atoms with van der Waals surface area (Å²) in [6.07, 6.45) is 2.46. The highest BCUT2D eigenvalue weighted by Crippen LogP contribution is 2.30. The van der Waals surface area contributed by atoms with Gasteiger partial charge in [0.1, 0.15) is 29.5 Å². The Balaban J connectivity index is 2.33. The van der Waals surface area contributed by atoms with Gasteiger partial charge in [-0.2, -0.15) is 4.98 Å². The molecule has 0 amide bonds. The molecule has 0 bridgehead atoms. The second-order valence-electron chi connectivity index (χ2n) is 4.82. The third kappa shape index (κ3) is 2.36. The molecule has 0 aliphatic carbocycles. The van der Waals surface area contributed by atoms with Crippen molar-refractivity contribution in [2.45, 2.75) is 0 Å². The van der Waals surface area contributed by atoms with Crippen molar-refractivity contribution in [2.24, 2.45) is 0 Å². The van der Waals surface area contributed by atoms with E-state index in [0.29, 0.717) is 17.0 Å². The van der Waals surface area contributed by atoms with Crippen LogP contribution in [0.2, 0.25) is 0 Å². The number of aromatic nitrogens is 4. The van der Waals surface area contributed by atoms with Crippen LogP contribution in [0.5, 0.6) is 0 Å². The van der Waals surface area contributed by atoms with Crippen LogP contribution in [-0.2, 0) is 0 Å². The fraction of sp³-hybridized carbons (Fsp3) is 0.0625. The van der Waals surface area contributed by atoms with Crippen LogP contribution in [0.25, 0.3) is 16.7 Å². The van der Waals surface area contributed by atoms with E-state index in [1.807, 2.05) is 18.2 Å². The predicted molar refractivity (Wildman–Crippen MR) is 85.3 cm³/mol. The van der Waals surface area contributed by atoms with Gasteiger partial charge in [0.25, 0.3) is 5.78 Å². The number of para-hydroxylation sites is 1. The fourth-order valence-electron chi connectivity index (χ4n) is 2.43. The minimum absolute atomic E-state index is 0.327. The monoisotopic (exact) mass is 313 g/mol. The Morgan fingerprint density at radius 2 is 2.04 bits per heavy atom. The SMILES string of the molecule is C=C/C(F)=C(\C(=C)F)N(C)c1nc2nncn2c2ccccc12. The minimum Gasteiger partial charge on any atom is -0.324 e. The lowest BCUT2D eigenvalue weighted by Gasteiger charge is -2.22. The molecule has 0 aliphatic heterocycles. The molecule has 7 heteroatoms. The molecular formula is C16H13F2N5. The van der Waals surface area contributed by atoms with E-state index in [0.717, 1.165) is 11.6 Å². The van der Waals surface area contributed by atoms with E-state index in [1.54, 1.807) is 10.5 Å². The van der Waals surface area contributed by atoms with Gasteiger partial charge in [-0.15, -0.1) is 10.2 Å². The number of anilines is 1. The van der Waals surface area contributed by atoms with Gasteiger partial charge in [-0.05, 0) is 18.2 Å². The van der Waals surface area contributed by atoms with Crippen LogP contribution in [0.4, 0.5) is 14.6 Å². The predicted octanol–water partition coefficient (Wildman–Crippen LogP) is 3.56. The third-order valence-electron chi connectivity index (χ3n) is 3.46. The Labute approximate surface area is 130 Å². The second kappa shape index (κ2) is 5.60. The quantitative estimate of drug-likeness (QED) is 0.691. The van der Waals surface area contributed by atoms with Crippen LogP contribution in [0.1, 0.15) is 0 Å². The average molecular weight is 313 g/mol. The molecule has 0 atom stereocenters. The third-order valence-corrected chi connectivity index (χ3v) is 3.46. The molecule has 23 heavy (non-hydrogen) atoms. The van der Waals surface area contributed by atoms with Gasteiger partial charge in [-0.1, -0.05) is 25.3 Å². The van der Waals surface area contributed by atoms with Crippen molar-refractivity contribution in [1.82, 2.24) is 19.6 Å². The fourth-order valence-corrected chi connectivity index (χ4v) is 2.43. The molecule has 0 spiro atoms. The first kappa shape index (κ1) is 14.8. The molecular weight excluding hydrogens is 300 g/mol. The van der Waals surface area contributed by atoms with Gasteiger partial charge in [-0.3, -0.25) is 4.40 Å². The normalized spacial score (nSPS) is 12.3. The number of rotatable bonds is 4. The molecule has 3 rings (SSSR count). The molecule has 2 heterocycles. The van der Waals surface area contributed by atoms with Crippen molar-refractivity contribution in [3.05, 3.63) is 67.2 Å². The van der Waals surface area contributed by atoms with E-state index in [1.165, 1.54) is 18.3 Å². The van der Waals surface area contributed by atoms with Crippen LogP contribution in [-0.4, -0.2) is 26.6 Å². The second-order valence-corrected chi connectivity index (χ2v) is 4.82. The molecule has 116 valence electrons. The van der Waals surface area contributed by atoms with Crippen LogP contribution in [0, 0.1) is 0 Å². The maximum Gasteiger partial charge on any atom is 0.257 e. The van der Waals surface area contributed by atoms with Crippen LogP contribution in [0.15, 0.2) is 67.2 Å². The van der Waals surface area contributed by atoms with Crippen molar-refractivity contribution >= 4 is 22.5 Å². The maximum atomic E-state index is 14.0. The molecule has 5 nitrogen and oxygen atoms in total. The molecule has 0 unspecified atom stereocenters. The first-order chi connectivity index (χ1) is 11.0. The van der Waals surface area contributed by atoms with Crippen molar-refractivity contribution in [2.75, 3.05) is 11.9 Å². The van der Waals surface area contributed by atoms with Crippen molar-refractivity contribution in [3.63, 3.8) is 0 Å². The van der Waals surface area contributed by atoms with Crippen molar-refractivity contribution in [3.8, 4) is 0 Å². The summed E-state index contributed by atoms with van der Waals surface area (Å²) in [7, 11) is 1.50. The molecule has 0 saturated carbocycles. The number of hydrogen-bond acceptors (Lipinski definition) is 4. The Hall–Kier alpha value is -3.09. The van der Waals surface area contributed by atoms with E-state index in [-0.39, 0.29) is 5.70 Å². The van der Waals surface area contributed by atoms with Crippen LogP contribution in [0.3, 0.4) is 0 Å². The van der Waals surface area contributed by atoms with E-state index < -0.39 is 11.7 Å². The number of allylic oxidation sites excluding steroid dienone is 3. The summed E-state index contributed by atoms with van der Waals surface area (Å²) in [5.41, 5.74) is 0.439. The molecule has 0 fully saturated rings. The molecule has 0 radical (unpaired) electrons. The van der Waals surface area contributed by atoms with Gasteiger partial charge in [0, 0.05) is 12.4 Å². The average Bonchev–Trinajstić information content (AvgIpc) is 3.02. The summed E-state index contributed by atoms with van der Waals surface area (Å²) in [6, 6.07) is 7.32. The highest BCUT2D eigenvalue weighted by Gasteiger charge is 2.20. The Kier molecular flexibility index (Phi) is 3.61. The lowest BCUT2D eigenvalue weighted by molar-refractivity contribution is 0.603. The highest BCUT2D eigenvalue weighted by molar-refractivity contribution is 5.92. The van der Waals surface area contributed by atoms with E-state index >= 15 is 0 Å². The Morgan fingerprint density at radius 3 is 2.74 bits per heavy atom. The van der Waals surface area contributed by atoms with Gasteiger partial charge in [-0.25, -0.2) is 8.78 Å². The molecule has 3 aromatic rings. The highest BCUT2D eigenvalue weighted by atomic mass is 19.1. The largest absolute Gasteiger partial charge is 0.324 e. The molecule has 1 aromatic carbocycles. The molecule has 2 aromatic heterocycles. The number of fused-ring (bicyclic) bond motifs is 3. The van der Waals surface area contributed by atoms with E-state index in [9.17, 15) is 8.78 Å². The first-order valence-corrected chi connectivity index (χ1v) is 6.73. The summed E-state index contributed by atoms with van der Waals surface area (Å²) in [5, 5.41) is 8.42. The summed E-state index contributed by atoms with van der Waals surface area (Å²) in [5.74, 6) is -1.08. The number of likely N-dealkylation sites (N-methyl/N-ethyl adjacent to an activating group) is 1. The van der Waals surface area contributed by atoms with Gasteiger partial charge < -0.3 is 4.90 Å². The molecule has 0 saturated heterocycles. The zero-order chi connectivity index (χ0) is 16.6. The first-order valence-electron chi connectivity index (χ1n) is 6.73. The molecule has 0 aliphatic rings. The standard InChI is InChI=1S/C16H13F2N5/c1-4-12(18)14(10(2)17)22(3)15-11-7-5-6-8-13(11)23-9-19-21-16(23)20-15/h4-9H,1-2H2,3H3/b14-12-. The topological polar surface area (TPSA) is 46.3 Å². The lowest BCUT2D eigenvalue weighted by Crippen LogP contribution is -2.20. The Bertz CT molecular complexity index is 957. The smallest absolute Gasteiger partial charge is 0.257 e. The summed E-state index contributed by atoms with van der Waals surface area (Å²) < 4.78 is 29.4. The minimum atomic E-state index is -0.919. The summed E-state index contributed by atoms with van der Waals surface area (Å²) >= 11 is 0. The summed E-state index contributed by atoms with van der Waals surface area (Å²) in [4.78, 5) is 5.64. The summed E-state index contributed by atoms with van der Waals surface area (Å²) in [6.45, 7) is 6.52. The van der Waals surface area contributed by atoms with E-state index in [2.05, 4.69) is 28.3 Å². The zero-order valence-electron chi connectivity index (χ0n) is 12.4. The van der Waals surface area contributed by atoms with Gasteiger partial charge in [0.15, 0.2) is 0 Å². The number of benzene rings is 1. The van der Waals surface area contributed by atoms with Crippen molar-refractivity contribution in [1.29, 1.82) is 0 Å². The lowest BCUT2D eigenvalue weighted by atomic mass is 10.2. The van der Waals surface area contributed by atoms with E-state index in [4.69, 9.17) is 0 Å². The zero-order valence-corrected chi connectivity index (χ0v) is 12.4. The number of halogens is 2. The molecule has 0 N–H and O–H groups in total. The van der Waals surface area contributed by atoms with Gasteiger partial charge in [0.2, 0.25) is 0 Å². The van der Waals surface area contributed by atoms with Gasteiger partial charge in [0.05, 0.1) is 5.52 Å². The number of hydrogen-bond donors (Lipinski definition) is 0. The van der Waals surface area contributed by atoms with Crippen molar-refractivity contribution < 1.29 is 8.78 Å². The van der Waals surface area contributed by atoms with Crippen LogP contribution < -0.4 is 4.90 Å².